The van der Waals surface area contributed by atoms with E-state index >= 15 is 0 Å². The predicted molar refractivity (Wildman–Crippen MR) is 75.2 cm³/mol. The summed E-state index contributed by atoms with van der Waals surface area (Å²) in [5.74, 6) is -3.11. The Kier molecular flexibility index (Phi) is 6.35. The fourth-order valence-electron chi connectivity index (χ4n) is 1.85. The van der Waals surface area contributed by atoms with E-state index in [0.717, 1.165) is 0 Å². The van der Waals surface area contributed by atoms with Gasteiger partial charge in [-0.3, -0.25) is 4.79 Å². The van der Waals surface area contributed by atoms with E-state index in [1.54, 1.807) is 0 Å². The molecule has 1 aromatic carbocycles. The summed E-state index contributed by atoms with van der Waals surface area (Å²) in [6.45, 7) is 0.447. The van der Waals surface area contributed by atoms with Crippen molar-refractivity contribution in [2.24, 2.45) is 5.73 Å². The Bertz CT molecular complexity index is 530. The molecule has 0 fully saturated rings. The third kappa shape index (κ3) is 4.88. The highest BCUT2D eigenvalue weighted by molar-refractivity contribution is 6.05. The molecule has 1 unspecified atom stereocenters. The molecular weight excluding hydrogens is 276 g/mol. The summed E-state index contributed by atoms with van der Waals surface area (Å²) in [7, 11) is 0. The van der Waals surface area contributed by atoms with E-state index in [1.165, 1.54) is 24.3 Å². The van der Waals surface area contributed by atoms with E-state index in [-0.39, 0.29) is 17.5 Å². The van der Waals surface area contributed by atoms with Crippen molar-refractivity contribution < 1.29 is 24.6 Å². The minimum atomic E-state index is -1.24. The van der Waals surface area contributed by atoms with Gasteiger partial charge in [0.25, 0.3) is 5.91 Å². The number of amides is 1. The van der Waals surface area contributed by atoms with E-state index in [2.05, 4.69) is 5.32 Å². The number of aliphatic carboxylic acids is 1. The molecule has 0 saturated carbocycles. The molecule has 0 heterocycles. The van der Waals surface area contributed by atoms with Crippen LogP contribution in [0, 0.1) is 0 Å². The van der Waals surface area contributed by atoms with Crippen LogP contribution in [0.1, 0.15) is 40.0 Å². The van der Waals surface area contributed by atoms with Crippen molar-refractivity contribution in [2.45, 2.75) is 25.3 Å². The first-order chi connectivity index (χ1) is 9.97. The van der Waals surface area contributed by atoms with Gasteiger partial charge in [0.1, 0.15) is 6.04 Å². The van der Waals surface area contributed by atoms with Crippen LogP contribution in [0.3, 0.4) is 0 Å². The molecule has 0 aliphatic heterocycles. The zero-order valence-corrected chi connectivity index (χ0v) is 11.4. The highest BCUT2D eigenvalue weighted by Gasteiger charge is 2.22. The molecule has 21 heavy (non-hydrogen) atoms. The molecule has 1 aromatic rings. The number of aromatic carboxylic acids is 1. The number of unbranched alkanes of at least 4 members (excludes halogenated alkanes) is 1. The van der Waals surface area contributed by atoms with Gasteiger partial charge in [0.2, 0.25) is 0 Å². The largest absolute Gasteiger partial charge is 0.480 e. The van der Waals surface area contributed by atoms with Gasteiger partial charge in [0.15, 0.2) is 0 Å². The van der Waals surface area contributed by atoms with Crippen molar-refractivity contribution in [3.63, 3.8) is 0 Å². The van der Waals surface area contributed by atoms with Gasteiger partial charge in [-0.15, -0.1) is 0 Å². The van der Waals surface area contributed by atoms with Crippen LogP contribution in [0.5, 0.6) is 0 Å². The number of rotatable bonds is 8. The van der Waals surface area contributed by atoms with Crippen molar-refractivity contribution >= 4 is 17.8 Å². The Hall–Kier alpha value is -2.41. The number of carbonyl (C=O) groups is 3. The number of hydrogen-bond acceptors (Lipinski definition) is 4. The molecule has 0 bridgehead atoms. The number of carboxylic acids is 2. The molecule has 1 atom stereocenters. The number of hydrogen-bond donors (Lipinski definition) is 4. The van der Waals surface area contributed by atoms with Gasteiger partial charge >= 0.3 is 11.9 Å². The second kappa shape index (κ2) is 8.01. The van der Waals surface area contributed by atoms with Crippen LogP contribution in [0.2, 0.25) is 0 Å². The molecule has 5 N–H and O–H groups in total. The topological polar surface area (TPSA) is 130 Å². The van der Waals surface area contributed by atoms with E-state index in [9.17, 15) is 14.4 Å². The molecule has 0 spiro atoms. The third-order valence-electron chi connectivity index (χ3n) is 2.95. The van der Waals surface area contributed by atoms with E-state index in [0.29, 0.717) is 19.4 Å². The minimum absolute atomic E-state index is 0.0601. The lowest BCUT2D eigenvalue weighted by atomic mass is 10.1. The Morgan fingerprint density at radius 2 is 1.71 bits per heavy atom. The Balaban J connectivity index is 2.82. The molecule has 114 valence electrons. The van der Waals surface area contributed by atoms with Gasteiger partial charge in [0, 0.05) is 0 Å². The van der Waals surface area contributed by atoms with E-state index in [1.807, 2.05) is 0 Å². The van der Waals surface area contributed by atoms with E-state index < -0.39 is 23.9 Å². The zero-order chi connectivity index (χ0) is 15.8. The summed E-state index contributed by atoms with van der Waals surface area (Å²) in [6, 6.07) is 4.59. The van der Waals surface area contributed by atoms with Crippen LogP contribution in [0.25, 0.3) is 0 Å². The smallest absolute Gasteiger partial charge is 0.336 e. The van der Waals surface area contributed by atoms with Gasteiger partial charge in [-0.2, -0.15) is 0 Å². The molecule has 0 aliphatic rings. The summed E-state index contributed by atoms with van der Waals surface area (Å²) in [5, 5.41) is 20.4. The number of nitrogens with two attached hydrogens (primary N) is 1. The van der Waals surface area contributed by atoms with Gasteiger partial charge in [-0.05, 0) is 37.9 Å². The number of carbonyl (C=O) groups excluding carboxylic acids is 1. The Labute approximate surface area is 121 Å². The van der Waals surface area contributed by atoms with Crippen LogP contribution in [-0.2, 0) is 4.79 Å². The maximum absolute atomic E-state index is 12.1. The SMILES string of the molecule is NCCCCC(NC(=O)c1ccccc1C(=O)O)C(=O)O. The molecule has 0 aliphatic carbocycles. The van der Waals surface area contributed by atoms with Crippen LogP contribution >= 0.6 is 0 Å². The number of benzene rings is 1. The average molecular weight is 294 g/mol. The van der Waals surface area contributed by atoms with Crippen LogP contribution < -0.4 is 11.1 Å². The highest BCUT2D eigenvalue weighted by atomic mass is 16.4. The van der Waals surface area contributed by atoms with Crippen LogP contribution in [-0.4, -0.2) is 40.6 Å². The summed E-state index contributed by atoms with van der Waals surface area (Å²) < 4.78 is 0. The predicted octanol–water partition coefficient (Wildman–Crippen LogP) is 0.697. The van der Waals surface area contributed by atoms with Gasteiger partial charge < -0.3 is 21.3 Å². The Morgan fingerprint density at radius 3 is 2.24 bits per heavy atom. The normalized spacial score (nSPS) is 11.7. The summed E-state index contributed by atoms with van der Waals surface area (Å²) in [6.07, 6.45) is 1.47. The lowest BCUT2D eigenvalue weighted by molar-refractivity contribution is -0.139. The fourth-order valence-corrected chi connectivity index (χ4v) is 1.85. The highest BCUT2D eigenvalue weighted by Crippen LogP contribution is 2.10. The molecule has 7 heteroatoms. The molecule has 1 amide bonds. The molecule has 7 nitrogen and oxygen atoms in total. The number of carboxylic acid groups (broad SMARTS) is 2. The second-order valence-electron chi connectivity index (χ2n) is 4.50. The maximum atomic E-state index is 12.1. The first kappa shape index (κ1) is 16.6. The first-order valence-corrected chi connectivity index (χ1v) is 6.53. The van der Waals surface area contributed by atoms with Crippen molar-refractivity contribution in [2.75, 3.05) is 6.54 Å². The first-order valence-electron chi connectivity index (χ1n) is 6.53. The number of nitrogens with one attached hydrogen (secondary N) is 1. The molecule has 0 radical (unpaired) electrons. The molecule has 1 rings (SSSR count). The van der Waals surface area contributed by atoms with Crippen molar-refractivity contribution in [1.29, 1.82) is 0 Å². The van der Waals surface area contributed by atoms with Crippen molar-refractivity contribution in [3.8, 4) is 0 Å². The zero-order valence-electron chi connectivity index (χ0n) is 11.4. The lowest BCUT2D eigenvalue weighted by Crippen LogP contribution is -2.41. The van der Waals surface area contributed by atoms with E-state index in [4.69, 9.17) is 15.9 Å². The lowest BCUT2D eigenvalue weighted by Gasteiger charge is -2.15. The summed E-state index contributed by atoms with van der Waals surface area (Å²) in [5.41, 5.74) is 5.11. The average Bonchev–Trinajstić information content (AvgIpc) is 2.46. The minimum Gasteiger partial charge on any atom is -0.480 e. The molecular formula is C14H18N2O5. The maximum Gasteiger partial charge on any atom is 0.336 e. The van der Waals surface area contributed by atoms with Crippen LogP contribution in [0.4, 0.5) is 0 Å². The molecule has 0 aromatic heterocycles. The standard InChI is InChI=1S/C14H18N2O5/c15-8-4-3-7-11(14(20)21)16-12(17)9-5-1-2-6-10(9)13(18)19/h1-2,5-6,11H,3-4,7-8,15H2,(H,16,17)(H,18,19)(H,20,21). The fraction of sp³-hybridized carbons (Fsp3) is 0.357. The second-order valence-corrected chi connectivity index (χ2v) is 4.50. The summed E-state index contributed by atoms with van der Waals surface area (Å²) in [4.78, 5) is 34.2. The van der Waals surface area contributed by atoms with Gasteiger partial charge in [-0.25, -0.2) is 9.59 Å². The monoisotopic (exact) mass is 294 g/mol. The van der Waals surface area contributed by atoms with Crippen molar-refractivity contribution in [1.82, 2.24) is 5.32 Å². The van der Waals surface area contributed by atoms with Gasteiger partial charge in [0.05, 0.1) is 11.1 Å². The third-order valence-corrected chi connectivity index (χ3v) is 2.95. The van der Waals surface area contributed by atoms with Crippen LogP contribution in [0.15, 0.2) is 24.3 Å². The Morgan fingerprint density at radius 1 is 1.10 bits per heavy atom. The molecule has 0 saturated heterocycles. The summed E-state index contributed by atoms with van der Waals surface area (Å²) >= 11 is 0. The quantitative estimate of drug-likeness (QED) is 0.522. The van der Waals surface area contributed by atoms with Gasteiger partial charge in [-0.1, -0.05) is 12.1 Å². The van der Waals surface area contributed by atoms with Crippen molar-refractivity contribution in [3.05, 3.63) is 35.4 Å².